The molecular formula is C24H28FN5O. The normalized spacial score (nSPS) is 23.7. The summed E-state index contributed by atoms with van der Waals surface area (Å²) in [4.78, 5) is 27.8. The summed E-state index contributed by atoms with van der Waals surface area (Å²) < 4.78 is 13.2. The number of halogens is 1. The van der Waals surface area contributed by atoms with E-state index in [1.807, 2.05) is 4.90 Å². The van der Waals surface area contributed by atoms with Gasteiger partial charge in [0.2, 0.25) is 11.9 Å². The zero-order valence-electron chi connectivity index (χ0n) is 17.9. The fourth-order valence-corrected chi connectivity index (χ4v) is 5.18. The summed E-state index contributed by atoms with van der Waals surface area (Å²) in [6.07, 6.45) is 7.67. The molecule has 6 nitrogen and oxygen atoms in total. The molecule has 1 aromatic heterocycles. The summed E-state index contributed by atoms with van der Waals surface area (Å²) in [5.74, 6) is 0.386. The molecule has 0 saturated carbocycles. The van der Waals surface area contributed by atoms with Gasteiger partial charge in [0.25, 0.3) is 0 Å². The van der Waals surface area contributed by atoms with Crippen LogP contribution in [-0.2, 0) is 4.79 Å². The maximum atomic E-state index is 13.2. The largest absolute Gasteiger partial charge is 0.338 e. The quantitative estimate of drug-likeness (QED) is 0.760. The summed E-state index contributed by atoms with van der Waals surface area (Å²) >= 11 is 0. The Kier molecular flexibility index (Phi) is 5.44. The maximum Gasteiger partial charge on any atom is 0.237 e. The molecular weight excluding hydrogens is 393 g/mol. The van der Waals surface area contributed by atoms with E-state index in [0.717, 1.165) is 38.9 Å². The van der Waals surface area contributed by atoms with E-state index in [-0.39, 0.29) is 18.0 Å². The SMILES string of the molecule is Cc1cccc(C2=CCN(C(=O)CN3CC4CCC(C3)N4c3ncc(F)cn3)CC2)c1. The Morgan fingerprint density at radius 1 is 1.16 bits per heavy atom. The third kappa shape index (κ3) is 4.19. The predicted molar refractivity (Wildman–Crippen MR) is 118 cm³/mol. The Labute approximate surface area is 182 Å². The molecule has 5 rings (SSSR count). The first-order chi connectivity index (χ1) is 15.1. The van der Waals surface area contributed by atoms with Crippen LogP contribution >= 0.6 is 0 Å². The molecule has 2 bridgehead atoms. The van der Waals surface area contributed by atoms with Gasteiger partial charge >= 0.3 is 0 Å². The molecule has 0 spiro atoms. The van der Waals surface area contributed by atoms with Crippen molar-refractivity contribution in [3.8, 4) is 0 Å². The zero-order chi connectivity index (χ0) is 21.4. The van der Waals surface area contributed by atoms with Gasteiger partial charge in [-0.05, 0) is 37.3 Å². The van der Waals surface area contributed by atoms with Crippen molar-refractivity contribution >= 4 is 17.4 Å². The number of fused-ring (bicyclic) bond motifs is 2. The summed E-state index contributed by atoms with van der Waals surface area (Å²) in [5.41, 5.74) is 3.86. The highest BCUT2D eigenvalue weighted by atomic mass is 19.1. The molecule has 7 heteroatoms. The molecule has 0 aliphatic carbocycles. The van der Waals surface area contributed by atoms with Crippen LogP contribution < -0.4 is 4.90 Å². The van der Waals surface area contributed by atoms with E-state index in [0.29, 0.717) is 19.0 Å². The molecule has 1 aromatic carbocycles. The molecule has 4 heterocycles. The van der Waals surface area contributed by atoms with Gasteiger partial charge in [0.1, 0.15) is 0 Å². The Bertz CT molecular complexity index is 978. The Morgan fingerprint density at radius 2 is 1.90 bits per heavy atom. The van der Waals surface area contributed by atoms with E-state index in [2.05, 4.69) is 57.0 Å². The first-order valence-corrected chi connectivity index (χ1v) is 11.1. The van der Waals surface area contributed by atoms with Gasteiger partial charge in [-0.15, -0.1) is 0 Å². The molecule has 3 aliphatic heterocycles. The summed E-state index contributed by atoms with van der Waals surface area (Å²) in [7, 11) is 0. The molecule has 2 aromatic rings. The number of rotatable bonds is 4. The minimum Gasteiger partial charge on any atom is -0.338 e. The Hall–Kier alpha value is -2.80. The first kappa shape index (κ1) is 20.1. The molecule has 2 atom stereocenters. The van der Waals surface area contributed by atoms with Crippen LogP contribution in [0.5, 0.6) is 0 Å². The highest BCUT2D eigenvalue weighted by Gasteiger charge is 2.41. The van der Waals surface area contributed by atoms with E-state index in [1.54, 1.807) is 0 Å². The summed E-state index contributed by atoms with van der Waals surface area (Å²) in [6.45, 7) is 5.66. The average molecular weight is 422 g/mol. The topological polar surface area (TPSA) is 52.6 Å². The number of piperazine rings is 1. The maximum absolute atomic E-state index is 13.2. The Balaban J connectivity index is 1.18. The lowest BCUT2D eigenvalue weighted by Gasteiger charge is -2.41. The second-order valence-electron chi connectivity index (χ2n) is 8.88. The summed E-state index contributed by atoms with van der Waals surface area (Å²) in [6, 6.07) is 9.13. The number of aromatic nitrogens is 2. The number of carbonyl (C=O) groups excluding carboxylic acids is 1. The highest BCUT2D eigenvalue weighted by molar-refractivity contribution is 5.80. The first-order valence-electron chi connectivity index (χ1n) is 11.1. The highest BCUT2D eigenvalue weighted by Crippen LogP contribution is 2.33. The molecule has 31 heavy (non-hydrogen) atoms. The third-order valence-electron chi connectivity index (χ3n) is 6.71. The van der Waals surface area contributed by atoms with Crippen molar-refractivity contribution in [2.75, 3.05) is 37.6 Å². The van der Waals surface area contributed by atoms with Gasteiger partial charge in [-0.2, -0.15) is 0 Å². The number of carbonyl (C=O) groups is 1. The smallest absolute Gasteiger partial charge is 0.237 e. The van der Waals surface area contributed by atoms with Crippen molar-refractivity contribution in [3.63, 3.8) is 0 Å². The molecule has 2 fully saturated rings. The lowest BCUT2D eigenvalue weighted by Crippen LogP contribution is -2.56. The second kappa shape index (κ2) is 8.38. The van der Waals surface area contributed by atoms with Crippen LogP contribution in [-0.4, -0.2) is 70.5 Å². The number of benzene rings is 1. The number of anilines is 1. The minimum atomic E-state index is -0.415. The van der Waals surface area contributed by atoms with Gasteiger partial charge < -0.3 is 9.80 Å². The van der Waals surface area contributed by atoms with Crippen molar-refractivity contribution < 1.29 is 9.18 Å². The zero-order valence-corrected chi connectivity index (χ0v) is 17.9. The Morgan fingerprint density at radius 3 is 2.55 bits per heavy atom. The van der Waals surface area contributed by atoms with Crippen LogP contribution in [0, 0.1) is 12.7 Å². The molecule has 0 radical (unpaired) electrons. The van der Waals surface area contributed by atoms with Gasteiger partial charge in [0.05, 0.1) is 18.9 Å². The second-order valence-corrected chi connectivity index (χ2v) is 8.88. The number of aryl methyl sites for hydroxylation is 1. The number of amides is 1. The summed E-state index contributed by atoms with van der Waals surface area (Å²) in [5, 5.41) is 0. The number of hydrogen-bond donors (Lipinski definition) is 0. The minimum absolute atomic E-state index is 0.199. The lowest BCUT2D eigenvalue weighted by molar-refractivity contribution is -0.132. The monoisotopic (exact) mass is 421 g/mol. The van der Waals surface area contributed by atoms with Gasteiger partial charge in [0, 0.05) is 38.3 Å². The number of likely N-dealkylation sites (tertiary alicyclic amines) is 1. The van der Waals surface area contributed by atoms with Crippen molar-refractivity contribution in [2.45, 2.75) is 38.3 Å². The van der Waals surface area contributed by atoms with Crippen molar-refractivity contribution in [2.24, 2.45) is 0 Å². The average Bonchev–Trinajstić information content (AvgIpc) is 3.04. The van der Waals surface area contributed by atoms with Crippen LogP contribution in [0.4, 0.5) is 10.3 Å². The fraction of sp³-hybridized carbons (Fsp3) is 0.458. The molecule has 3 aliphatic rings. The number of nitrogens with zero attached hydrogens (tertiary/aromatic N) is 5. The molecule has 2 saturated heterocycles. The predicted octanol–water partition coefficient (Wildman–Crippen LogP) is 2.89. The van der Waals surface area contributed by atoms with Gasteiger partial charge in [-0.1, -0.05) is 35.9 Å². The molecule has 1 amide bonds. The fourth-order valence-electron chi connectivity index (χ4n) is 5.18. The van der Waals surface area contributed by atoms with Crippen LogP contribution in [0.2, 0.25) is 0 Å². The van der Waals surface area contributed by atoms with E-state index in [9.17, 15) is 9.18 Å². The van der Waals surface area contributed by atoms with Crippen LogP contribution in [0.1, 0.15) is 30.4 Å². The van der Waals surface area contributed by atoms with E-state index < -0.39 is 5.82 Å². The van der Waals surface area contributed by atoms with Gasteiger partial charge in [-0.3, -0.25) is 9.69 Å². The lowest BCUT2D eigenvalue weighted by atomic mass is 9.98. The van der Waals surface area contributed by atoms with E-state index in [4.69, 9.17) is 0 Å². The van der Waals surface area contributed by atoms with E-state index in [1.165, 1.54) is 29.1 Å². The standard InChI is InChI=1S/C24H28FN5O/c1-17-3-2-4-19(11-17)18-7-9-29(10-8-18)23(31)16-28-14-21-5-6-22(15-28)30(21)24-26-12-20(25)13-27-24/h2-4,7,11-13,21-22H,5-6,8-10,14-16H2,1H3. The van der Waals surface area contributed by atoms with Crippen LogP contribution in [0.3, 0.4) is 0 Å². The van der Waals surface area contributed by atoms with Crippen molar-refractivity contribution in [1.29, 1.82) is 0 Å². The molecule has 2 unspecified atom stereocenters. The van der Waals surface area contributed by atoms with Crippen molar-refractivity contribution in [3.05, 3.63) is 59.7 Å². The third-order valence-corrected chi connectivity index (χ3v) is 6.71. The molecule has 0 N–H and O–H groups in total. The van der Waals surface area contributed by atoms with Gasteiger partial charge in [-0.25, -0.2) is 14.4 Å². The number of hydrogen-bond acceptors (Lipinski definition) is 5. The van der Waals surface area contributed by atoms with Crippen molar-refractivity contribution in [1.82, 2.24) is 19.8 Å². The molecule has 162 valence electrons. The van der Waals surface area contributed by atoms with Crippen LogP contribution in [0.25, 0.3) is 5.57 Å². The van der Waals surface area contributed by atoms with Gasteiger partial charge in [0.15, 0.2) is 5.82 Å². The van der Waals surface area contributed by atoms with E-state index >= 15 is 0 Å². The van der Waals surface area contributed by atoms with Crippen LogP contribution in [0.15, 0.2) is 42.7 Å².